The Labute approximate surface area is 168 Å². The van der Waals surface area contributed by atoms with Gasteiger partial charge in [0.2, 0.25) is 0 Å². The first-order valence-corrected chi connectivity index (χ1v) is 9.14. The Morgan fingerprint density at radius 2 is 1.79 bits per heavy atom. The molecule has 28 heavy (non-hydrogen) atoms. The normalized spacial score (nSPS) is 10.2. The van der Waals surface area contributed by atoms with Crippen LogP contribution in [0, 0.1) is 0 Å². The number of carbonyl (C=O) groups is 3. The second-order valence-electron chi connectivity index (χ2n) is 5.92. The predicted octanol–water partition coefficient (Wildman–Crippen LogP) is 3.20. The van der Waals surface area contributed by atoms with Crippen LogP contribution in [0.2, 0.25) is 5.02 Å². The van der Waals surface area contributed by atoms with Gasteiger partial charge in [0.25, 0.3) is 11.8 Å². The summed E-state index contributed by atoms with van der Waals surface area (Å²) in [6, 6.07) is 10.9. The number of hydrogen-bond acceptors (Lipinski definition) is 5. The molecule has 2 amide bonds. The molecule has 0 bridgehead atoms. The first kappa shape index (κ1) is 21.2. The van der Waals surface area contributed by atoms with E-state index in [1.54, 1.807) is 29.2 Å². The Morgan fingerprint density at radius 3 is 2.43 bits per heavy atom. The van der Waals surface area contributed by atoms with Gasteiger partial charge < -0.3 is 20.7 Å². The average molecular weight is 404 g/mol. The molecule has 2 aromatic carbocycles. The van der Waals surface area contributed by atoms with Crippen molar-refractivity contribution in [1.29, 1.82) is 0 Å². The molecule has 0 heterocycles. The SMILES string of the molecule is CCN(CC)C(=O)c1cccc(NC(=O)COC(=O)c2ccc(Cl)c(N)c2)c1. The molecule has 0 atom stereocenters. The van der Waals surface area contributed by atoms with Gasteiger partial charge in [0, 0.05) is 24.3 Å². The van der Waals surface area contributed by atoms with Crippen molar-refractivity contribution < 1.29 is 19.1 Å². The van der Waals surface area contributed by atoms with Crippen molar-refractivity contribution in [2.75, 3.05) is 30.7 Å². The number of carbonyl (C=O) groups excluding carboxylic acids is 3. The third kappa shape index (κ3) is 5.47. The topological polar surface area (TPSA) is 102 Å². The monoisotopic (exact) mass is 403 g/mol. The summed E-state index contributed by atoms with van der Waals surface area (Å²) in [5.41, 5.74) is 7.00. The van der Waals surface area contributed by atoms with Gasteiger partial charge in [-0.15, -0.1) is 0 Å². The molecule has 3 N–H and O–H groups in total. The zero-order valence-corrected chi connectivity index (χ0v) is 16.5. The van der Waals surface area contributed by atoms with Crippen LogP contribution in [0.25, 0.3) is 0 Å². The van der Waals surface area contributed by atoms with E-state index in [-0.39, 0.29) is 17.2 Å². The van der Waals surface area contributed by atoms with Crippen molar-refractivity contribution in [3.8, 4) is 0 Å². The maximum atomic E-state index is 12.4. The second-order valence-corrected chi connectivity index (χ2v) is 6.33. The number of esters is 1. The van der Waals surface area contributed by atoms with E-state index in [0.29, 0.717) is 29.4 Å². The van der Waals surface area contributed by atoms with Crippen LogP contribution in [0.5, 0.6) is 0 Å². The predicted molar refractivity (Wildman–Crippen MR) is 108 cm³/mol. The molecule has 2 rings (SSSR count). The first-order valence-electron chi connectivity index (χ1n) is 8.77. The van der Waals surface area contributed by atoms with Gasteiger partial charge in [0.15, 0.2) is 6.61 Å². The zero-order valence-electron chi connectivity index (χ0n) is 15.7. The highest BCUT2D eigenvalue weighted by Crippen LogP contribution is 2.20. The minimum Gasteiger partial charge on any atom is -0.452 e. The molecule has 0 radical (unpaired) electrons. The molecule has 0 aromatic heterocycles. The molecule has 0 aliphatic heterocycles. The highest BCUT2D eigenvalue weighted by Gasteiger charge is 2.14. The lowest BCUT2D eigenvalue weighted by molar-refractivity contribution is -0.119. The van der Waals surface area contributed by atoms with Gasteiger partial charge in [-0.1, -0.05) is 17.7 Å². The fourth-order valence-electron chi connectivity index (χ4n) is 2.51. The molecule has 7 nitrogen and oxygen atoms in total. The molecule has 0 fully saturated rings. The molecule has 2 aromatic rings. The molecule has 0 saturated carbocycles. The fourth-order valence-corrected chi connectivity index (χ4v) is 2.62. The Bertz CT molecular complexity index is 882. The Morgan fingerprint density at radius 1 is 1.07 bits per heavy atom. The highest BCUT2D eigenvalue weighted by molar-refractivity contribution is 6.33. The van der Waals surface area contributed by atoms with E-state index in [9.17, 15) is 14.4 Å². The number of rotatable bonds is 7. The maximum absolute atomic E-state index is 12.4. The molecule has 0 spiro atoms. The lowest BCUT2D eigenvalue weighted by atomic mass is 10.1. The number of nitrogen functional groups attached to an aromatic ring is 1. The van der Waals surface area contributed by atoms with Crippen LogP contribution in [-0.4, -0.2) is 42.4 Å². The Hall–Kier alpha value is -3.06. The second kappa shape index (κ2) is 9.75. The smallest absolute Gasteiger partial charge is 0.338 e. The third-order valence-corrected chi connectivity index (χ3v) is 4.35. The molecular weight excluding hydrogens is 382 g/mol. The average Bonchev–Trinajstić information content (AvgIpc) is 2.69. The van der Waals surface area contributed by atoms with E-state index in [4.69, 9.17) is 22.1 Å². The van der Waals surface area contributed by atoms with Crippen LogP contribution in [0.1, 0.15) is 34.6 Å². The molecule has 0 aliphatic rings. The van der Waals surface area contributed by atoms with Crippen LogP contribution in [0.3, 0.4) is 0 Å². The number of nitrogens with zero attached hydrogens (tertiary/aromatic N) is 1. The summed E-state index contributed by atoms with van der Waals surface area (Å²) in [7, 11) is 0. The number of ether oxygens (including phenoxy) is 1. The fraction of sp³-hybridized carbons (Fsp3) is 0.250. The summed E-state index contributed by atoms with van der Waals surface area (Å²) in [6.45, 7) is 4.51. The van der Waals surface area contributed by atoms with E-state index in [1.165, 1.54) is 18.2 Å². The quantitative estimate of drug-likeness (QED) is 0.546. The molecule has 148 valence electrons. The number of nitrogens with two attached hydrogens (primary N) is 1. The van der Waals surface area contributed by atoms with Crippen molar-refractivity contribution in [1.82, 2.24) is 4.90 Å². The van der Waals surface area contributed by atoms with Crippen molar-refractivity contribution in [3.63, 3.8) is 0 Å². The van der Waals surface area contributed by atoms with E-state index >= 15 is 0 Å². The molecule has 0 aliphatic carbocycles. The number of nitrogens with one attached hydrogen (secondary N) is 1. The van der Waals surface area contributed by atoms with Crippen LogP contribution >= 0.6 is 11.6 Å². The van der Waals surface area contributed by atoms with Crippen molar-refractivity contribution >= 4 is 40.8 Å². The summed E-state index contributed by atoms with van der Waals surface area (Å²) in [5, 5.41) is 2.93. The van der Waals surface area contributed by atoms with Gasteiger partial charge in [0.05, 0.1) is 16.3 Å². The summed E-state index contributed by atoms with van der Waals surface area (Å²) in [4.78, 5) is 38.1. The Kier molecular flexibility index (Phi) is 7.40. The number of anilines is 2. The summed E-state index contributed by atoms with van der Waals surface area (Å²) < 4.78 is 4.98. The summed E-state index contributed by atoms with van der Waals surface area (Å²) >= 11 is 5.81. The van der Waals surface area contributed by atoms with Crippen LogP contribution in [-0.2, 0) is 9.53 Å². The van der Waals surface area contributed by atoms with E-state index in [1.807, 2.05) is 13.8 Å². The number of halogens is 1. The number of hydrogen-bond donors (Lipinski definition) is 2. The number of benzene rings is 2. The minimum absolute atomic E-state index is 0.118. The largest absolute Gasteiger partial charge is 0.452 e. The lowest BCUT2D eigenvalue weighted by Gasteiger charge is -2.19. The van der Waals surface area contributed by atoms with E-state index < -0.39 is 18.5 Å². The minimum atomic E-state index is -0.691. The van der Waals surface area contributed by atoms with E-state index in [0.717, 1.165) is 0 Å². The molecule has 8 heteroatoms. The van der Waals surface area contributed by atoms with Gasteiger partial charge in [-0.05, 0) is 50.2 Å². The van der Waals surface area contributed by atoms with Crippen LogP contribution < -0.4 is 11.1 Å². The first-order chi connectivity index (χ1) is 13.3. The van der Waals surface area contributed by atoms with Gasteiger partial charge in [-0.25, -0.2) is 4.79 Å². The van der Waals surface area contributed by atoms with Gasteiger partial charge in [-0.3, -0.25) is 9.59 Å². The molecular formula is C20H22ClN3O4. The summed E-state index contributed by atoms with van der Waals surface area (Å²) in [6.07, 6.45) is 0. The van der Waals surface area contributed by atoms with Crippen molar-refractivity contribution in [2.45, 2.75) is 13.8 Å². The van der Waals surface area contributed by atoms with Gasteiger partial charge in [0.1, 0.15) is 0 Å². The van der Waals surface area contributed by atoms with E-state index in [2.05, 4.69) is 5.32 Å². The number of amides is 2. The van der Waals surface area contributed by atoms with Crippen LogP contribution in [0.15, 0.2) is 42.5 Å². The third-order valence-electron chi connectivity index (χ3n) is 4.01. The van der Waals surface area contributed by atoms with Gasteiger partial charge in [-0.2, -0.15) is 0 Å². The highest BCUT2D eigenvalue weighted by atomic mass is 35.5. The van der Waals surface area contributed by atoms with Crippen LogP contribution in [0.4, 0.5) is 11.4 Å². The molecule has 0 saturated heterocycles. The summed E-state index contributed by atoms with van der Waals surface area (Å²) in [5.74, 6) is -1.33. The lowest BCUT2D eigenvalue weighted by Crippen LogP contribution is -2.30. The maximum Gasteiger partial charge on any atom is 0.338 e. The van der Waals surface area contributed by atoms with Crippen molar-refractivity contribution in [3.05, 3.63) is 58.6 Å². The molecule has 0 unspecified atom stereocenters. The zero-order chi connectivity index (χ0) is 20.7. The Balaban J connectivity index is 1.96. The van der Waals surface area contributed by atoms with Crippen molar-refractivity contribution in [2.24, 2.45) is 0 Å². The standard InChI is InChI=1S/C20H22ClN3O4/c1-3-24(4-2)19(26)13-6-5-7-15(10-13)23-18(25)12-28-20(27)14-8-9-16(21)17(22)11-14/h5-11H,3-4,12,22H2,1-2H3,(H,23,25). The van der Waals surface area contributed by atoms with Gasteiger partial charge >= 0.3 is 5.97 Å².